The number of nitrogens with two attached hydrogens (primary N) is 1. The van der Waals surface area contributed by atoms with E-state index in [4.69, 9.17) is 11.1 Å². The quantitative estimate of drug-likeness (QED) is 0.213. The fourth-order valence-corrected chi connectivity index (χ4v) is 2.09. The van der Waals surface area contributed by atoms with E-state index in [0.717, 1.165) is 4.76 Å². The number of nitro groups is 1. The van der Waals surface area contributed by atoms with Crippen molar-refractivity contribution in [1.82, 2.24) is 0 Å². The second kappa shape index (κ2) is 6.61. The monoisotopic (exact) mass is 311 g/mol. The molecule has 0 saturated heterocycles. The first kappa shape index (κ1) is 16.0. The summed E-state index contributed by atoms with van der Waals surface area (Å²) in [4.78, 5) is 22.0. The third-order valence-electron chi connectivity index (χ3n) is 3.23. The summed E-state index contributed by atoms with van der Waals surface area (Å²) >= 11 is 0. The SMILES string of the molecule is C=CC[N+](=O)c1cccc(C(=N)c2ccc([N+](=O)[O-])cc2N)c1. The number of hydrogen-bond donors (Lipinski definition) is 2. The van der Waals surface area contributed by atoms with E-state index in [2.05, 4.69) is 6.58 Å². The van der Waals surface area contributed by atoms with Crippen molar-refractivity contribution >= 4 is 22.8 Å². The molecule has 0 aliphatic heterocycles. The molecule has 0 heterocycles. The molecule has 116 valence electrons. The van der Waals surface area contributed by atoms with Gasteiger partial charge in [-0.3, -0.25) is 15.5 Å². The lowest BCUT2D eigenvalue weighted by Crippen LogP contribution is -2.07. The minimum atomic E-state index is -0.547. The Labute approximate surface area is 132 Å². The highest BCUT2D eigenvalue weighted by Gasteiger charge is 2.16. The second-order valence-electron chi connectivity index (χ2n) is 4.80. The third-order valence-corrected chi connectivity index (χ3v) is 3.23. The fraction of sp³-hybridized carbons (Fsp3) is 0.0625. The number of hydrogen-bond acceptors (Lipinski definition) is 5. The first-order valence-electron chi connectivity index (χ1n) is 6.73. The van der Waals surface area contributed by atoms with Gasteiger partial charge in [-0.1, -0.05) is 18.7 Å². The maximum Gasteiger partial charge on any atom is 0.271 e. The Bertz CT molecular complexity index is 815. The van der Waals surface area contributed by atoms with Crippen LogP contribution in [0, 0.1) is 20.4 Å². The Morgan fingerprint density at radius 1 is 1.22 bits per heavy atom. The van der Waals surface area contributed by atoms with Crippen molar-refractivity contribution in [2.24, 2.45) is 0 Å². The van der Waals surface area contributed by atoms with Crippen LogP contribution >= 0.6 is 0 Å². The zero-order valence-corrected chi connectivity index (χ0v) is 12.2. The lowest BCUT2D eigenvalue weighted by atomic mass is 10.00. The normalized spacial score (nSPS) is 10.1. The summed E-state index contributed by atoms with van der Waals surface area (Å²) in [6, 6.07) is 10.5. The Kier molecular flexibility index (Phi) is 4.61. The van der Waals surface area contributed by atoms with E-state index in [1.54, 1.807) is 24.3 Å². The lowest BCUT2D eigenvalue weighted by Gasteiger charge is -2.07. The number of anilines is 1. The maximum atomic E-state index is 11.8. The van der Waals surface area contributed by atoms with Crippen LogP contribution < -0.4 is 5.73 Å². The summed E-state index contributed by atoms with van der Waals surface area (Å²) in [5, 5.41) is 19.0. The third kappa shape index (κ3) is 3.46. The van der Waals surface area contributed by atoms with Gasteiger partial charge >= 0.3 is 0 Å². The van der Waals surface area contributed by atoms with E-state index in [9.17, 15) is 15.0 Å². The minimum Gasteiger partial charge on any atom is -0.398 e. The van der Waals surface area contributed by atoms with Crippen molar-refractivity contribution in [2.45, 2.75) is 0 Å². The van der Waals surface area contributed by atoms with Crippen LogP contribution in [-0.2, 0) is 0 Å². The average molecular weight is 311 g/mol. The van der Waals surface area contributed by atoms with Gasteiger partial charge in [0.1, 0.15) is 0 Å². The lowest BCUT2D eigenvalue weighted by molar-refractivity contribution is -0.451. The van der Waals surface area contributed by atoms with Crippen molar-refractivity contribution in [1.29, 1.82) is 5.41 Å². The standard InChI is InChI=1S/C16H15N4O3/c1-2-8-19(21)12-5-3-4-11(9-12)16(18)14-7-6-13(20(22)23)10-15(14)17/h2-7,9-10,18H,1,8,17H2/q+1. The molecule has 0 aliphatic rings. The largest absolute Gasteiger partial charge is 0.398 e. The van der Waals surface area contributed by atoms with E-state index in [1.807, 2.05) is 0 Å². The molecular formula is C16H15N4O3+. The molecule has 2 aromatic carbocycles. The second-order valence-corrected chi connectivity index (χ2v) is 4.80. The van der Waals surface area contributed by atoms with E-state index in [-0.39, 0.29) is 23.6 Å². The Morgan fingerprint density at radius 3 is 2.57 bits per heavy atom. The molecule has 2 rings (SSSR count). The fourth-order valence-electron chi connectivity index (χ4n) is 2.09. The van der Waals surface area contributed by atoms with E-state index in [0.29, 0.717) is 16.8 Å². The highest BCUT2D eigenvalue weighted by Crippen LogP contribution is 2.24. The molecular weight excluding hydrogens is 296 g/mol. The minimum absolute atomic E-state index is 0.0891. The first-order valence-corrected chi connectivity index (χ1v) is 6.73. The summed E-state index contributed by atoms with van der Waals surface area (Å²) in [5.41, 5.74) is 7.16. The van der Waals surface area contributed by atoms with Gasteiger partial charge in [0.05, 0.1) is 10.6 Å². The van der Waals surface area contributed by atoms with Crippen molar-refractivity contribution in [2.75, 3.05) is 12.3 Å². The number of benzene rings is 2. The summed E-state index contributed by atoms with van der Waals surface area (Å²) in [6.45, 7) is 3.65. The zero-order valence-electron chi connectivity index (χ0n) is 12.2. The van der Waals surface area contributed by atoms with E-state index < -0.39 is 4.92 Å². The number of nitrogen functional groups attached to an aromatic ring is 1. The van der Waals surface area contributed by atoms with E-state index in [1.165, 1.54) is 24.3 Å². The summed E-state index contributed by atoms with van der Waals surface area (Å²) in [5.74, 6) is 0. The molecule has 0 bridgehead atoms. The number of nitro benzene ring substituents is 1. The molecule has 0 amide bonds. The number of nitrogens with one attached hydrogen (secondary N) is 1. The van der Waals surface area contributed by atoms with Gasteiger partial charge in [-0.05, 0) is 12.1 Å². The van der Waals surface area contributed by atoms with Gasteiger partial charge in [-0.15, -0.1) is 0 Å². The van der Waals surface area contributed by atoms with Gasteiger partial charge in [-0.2, -0.15) is 0 Å². The van der Waals surface area contributed by atoms with Crippen LogP contribution in [0.1, 0.15) is 11.1 Å². The Balaban J connectivity index is 2.37. The molecule has 0 unspecified atom stereocenters. The van der Waals surface area contributed by atoms with Gasteiger partial charge in [0.2, 0.25) is 6.54 Å². The molecule has 23 heavy (non-hydrogen) atoms. The molecule has 7 heteroatoms. The van der Waals surface area contributed by atoms with Crippen LogP contribution in [0.3, 0.4) is 0 Å². The van der Waals surface area contributed by atoms with Crippen molar-refractivity contribution in [3.63, 3.8) is 0 Å². The predicted octanol–water partition coefficient (Wildman–Crippen LogP) is 3.19. The van der Waals surface area contributed by atoms with Crippen LogP contribution in [0.25, 0.3) is 0 Å². The van der Waals surface area contributed by atoms with Crippen LogP contribution in [-0.4, -0.2) is 21.9 Å². The Hall–Kier alpha value is -3.35. The number of rotatable bonds is 6. The molecule has 0 spiro atoms. The van der Waals surface area contributed by atoms with Gasteiger partial charge in [0.25, 0.3) is 11.4 Å². The van der Waals surface area contributed by atoms with Crippen LogP contribution in [0.4, 0.5) is 17.1 Å². The molecule has 0 atom stereocenters. The maximum absolute atomic E-state index is 11.8. The van der Waals surface area contributed by atoms with Crippen LogP contribution in [0.2, 0.25) is 0 Å². The smallest absolute Gasteiger partial charge is 0.271 e. The summed E-state index contributed by atoms with van der Waals surface area (Å²) in [7, 11) is 0. The molecule has 0 fully saturated rings. The molecule has 0 aliphatic carbocycles. The van der Waals surface area contributed by atoms with Gasteiger partial charge in [0, 0.05) is 50.7 Å². The molecule has 7 nitrogen and oxygen atoms in total. The molecule has 0 saturated carbocycles. The number of non-ortho nitro benzene ring substituents is 1. The van der Waals surface area contributed by atoms with E-state index >= 15 is 0 Å². The van der Waals surface area contributed by atoms with Crippen molar-refractivity contribution in [3.05, 3.63) is 81.3 Å². The molecule has 3 N–H and O–H groups in total. The summed E-state index contributed by atoms with van der Waals surface area (Å²) in [6.07, 6.45) is 1.49. The highest BCUT2D eigenvalue weighted by molar-refractivity contribution is 6.14. The zero-order chi connectivity index (χ0) is 17.0. The van der Waals surface area contributed by atoms with Crippen molar-refractivity contribution < 1.29 is 9.68 Å². The molecule has 0 radical (unpaired) electrons. The van der Waals surface area contributed by atoms with Gasteiger partial charge in [-0.25, -0.2) is 0 Å². The van der Waals surface area contributed by atoms with Crippen molar-refractivity contribution in [3.8, 4) is 0 Å². The molecule has 0 aromatic heterocycles. The summed E-state index contributed by atoms with van der Waals surface area (Å²) < 4.78 is 0.753. The first-order chi connectivity index (χ1) is 10.9. The average Bonchev–Trinajstić information content (AvgIpc) is 2.54. The highest BCUT2D eigenvalue weighted by atomic mass is 16.6. The van der Waals surface area contributed by atoms with Crippen LogP contribution in [0.5, 0.6) is 0 Å². The topological polar surface area (TPSA) is 113 Å². The number of nitrogens with zero attached hydrogens (tertiary/aromatic N) is 2. The molecule has 2 aromatic rings. The predicted molar refractivity (Wildman–Crippen MR) is 88.2 cm³/mol. The van der Waals surface area contributed by atoms with Crippen LogP contribution in [0.15, 0.2) is 55.1 Å². The van der Waals surface area contributed by atoms with Gasteiger partial charge in [0.15, 0.2) is 0 Å². The number of nitroso groups, excluding NO2 is 1. The van der Waals surface area contributed by atoms with Gasteiger partial charge < -0.3 is 5.73 Å². The Morgan fingerprint density at radius 2 is 1.96 bits per heavy atom.